The van der Waals surface area contributed by atoms with Crippen LogP contribution < -0.4 is 10.1 Å². The summed E-state index contributed by atoms with van der Waals surface area (Å²) in [4.78, 5) is 8.38. The van der Waals surface area contributed by atoms with Gasteiger partial charge in [-0.05, 0) is 30.3 Å². The van der Waals surface area contributed by atoms with Crippen molar-refractivity contribution in [2.24, 2.45) is 0 Å². The Morgan fingerprint density at radius 1 is 0.963 bits per heavy atom. The minimum atomic E-state index is -4.41. The summed E-state index contributed by atoms with van der Waals surface area (Å²) in [7, 11) is 1.51. The molecule has 9 heteroatoms. The van der Waals surface area contributed by atoms with Gasteiger partial charge in [-0.25, -0.2) is 9.97 Å². The molecule has 0 fully saturated rings. The molecule has 140 valence electrons. The molecule has 1 N–H and O–H groups in total. The van der Waals surface area contributed by atoms with Gasteiger partial charge >= 0.3 is 6.18 Å². The molecule has 3 aromatic rings. The largest absolute Gasteiger partial charge is 0.495 e. The van der Waals surface area contributed by atoms with Crippen LogP contribution in [0.4, 0.5) is 24.7 Å². The Bertz CT molecular complexity index is 963. The van der Waals surface area contributed by atoms with Crippen LogP contribution in [0.15, 0.2) is 48.5 Å². The van der Waals surface area contributed by atoms with Crippen molar-refractivity contribution < 1.29 is 17.9 Å². The van der Waals surface area contributed by atoms with E-state index in [0.29, 0.717) is 27.8 Å². The van der Waals surface area contributed by atoms with Crippen LogP contribution in [0.2, 0.25) is 10.2 Å². The molecular weight excluding hydrogens is 402 g/mol. The van der Waals surface area contributed by atoms with Crippen LogP contribution in [-0.2, 0) is 6.18 Å². The molecule has 0 spiro atoms. The van der Waals surface area contributed by atoms with Crippen molar-refractivity contribution in [2.45, 2.75) is 6.18 Å². The number of hydrogen-bond acceptors (Lipinski definition) is 4. The number of benzene rings is 2. The maximum atomic E-state index is 12.7. The van der Waals surface area contributed by atoms with E-state index >= 15 is 0 Å². The molecule has 1 aromatic heterocycles. The maximum absolute atomic E-state index is 12.7. The molecule has 4 nitrogen and oxygen atoms in total. The van der Waals surface area contributed by atoms with E-state index in [4.69, 9.17) is 27.9 Å². The molecule has 0 atom stereocenters. The third-order valence-corrected chi connectivity index (χ3v) is 4.02. The van der Waals surface area contributed by atoms with Gasteiger partial charge in [0.15, 0.2) is 5.82 Å². The number of nitrogens with one attached hydrogen (secondary N) is 1. The van der Waals surface area contributed by atoms with Gasteiger partial charge in [0.2, 0.25) is 0 Å². The second kappa shape index (κ2) is 7.62. The van der Waals surface area contributed by atoms with Crippen LogP contribution in [0.5, 0.6) is 5.75 Å². The zero-order valence-electron chi connectivity index (χ0n) is 13.8. The third-order valence-electron chi connectivity index (χ3n) is 3.59. The molecular formula is C18H12Cl2F3N3O. The molecule has 27 heavy (non-hydrogen) atoms. The fourth-order valence-corrected chi connectivity index (χ4v) is 2.69. The Morgan fingerprint density at radius 3 is 2.30 bits per heavy atom. The van der Waals surface area contributed by atoms with Gasteiger partial charge in [0.05, 0.1) is 18.4 Å². The van der Waals surface area contributed by atoms with Crippen molar-refractivity contribution in [3.63, 3.8) is 0 Å². The van der Waals surface area contributed by atoms with Crippen molar-refractivity contribution >= 4 is 34.7 Å². The highest BCUT2D eigenvalue weighted by molar-refractivity contribution is 6.31. The molecule has 0 aliphatic carbocycles. The molecule has 0 unspecified atom stereocenters. The number of anilines is 2. The van der Waals surface area contributed by atoms with Crippen molar-refractivity contribution in [2.75, 3.05) is 12.4 Å². The topological polar surface area (TPSA) is 47.0 Å². The lowest BCUT2D eigenvalue weighted by Crippen LogP contribution is -2.04. The Kier molecular flexibility index (Phi) is 5.43. The van der Waals surface area contributed by atoms with Crippen LogP contribution in [0.1, 0.15) is 5.56 Å². The van der Waals surface area contributed by atoms with Crippen molar-refractivity contribution in [3.05, 3.63) is 64.3 Å². The fourth-order valence-electron chi connectivity index (χ4n) is 2.33. The molecule has 3 rings (SSSR count). The van der Waals surface area contributed by atoms with E-state index < -0.39 is 11.7 Å². The summed E-state index contributed by atoms with van der Waals surface area (Å²) < 4.78 is 43.4. The van der Waals surface area contributed by atoms with E-state index in [1.807, 2.05) is 0 Å². The summed E-state index contributed by atoms with van der Waals surface area (Å²) in [6.07, 6.45) is -4.41. The number of alkyl halides is 3. The zero-order valence-corrected chi connectivity index (χ0v) is 15.3. The summed E-state index contributed by atoms with van der Waals surface area (Å²) in [6.45, 7) is 0. The first-order chi connectivity index (χ1) is 12.8. The molecule has 0 aliphatic heterocycles. The normalized spacial score (nSPS) is 11.3. The highest BCUT2D eigenvalue weighted by Crippen LogP contribution is 2.33. The molecule has 0 aliphatic rings. The standard InChI is InChI=1S/C18H12Cl2F3N3O/c1-27-14-7-6-12(19)8-13(14)24-16-9-15(20)25-17(26-16)10-2-4-11(5-3-10)18(21,22)23/h2-9H,1H3,(H,24,25,26). The number of nitrogens with zero attached hydrogens (tertiary/aromatic N) is 2. The first-order valence-corrected chi connectivity index (χ1v) is 8.34. The SMILES string of the molecule is COc1ccc(Cl)cc1Nc1cc(Cl)nc(-c2ccc(C(F)(F)F)cc2)n1. The summed E-state index contributed by atoms with van der Waals surface area (Å²) in [6, 6.07) is 11.0. The highest BCUT2D eigenvalue weighted by atomic mass is 35.5. The minimum Gasteiger partial charge on any atom is -0.495 e. The molecule has 0 radical (unpaired) electrons. The third kappa shape index (κ3) is 4.61. The monoisotopic (exact) mass is 413 g/mol. The van der Waals surface area contributed by atoms with Crippen LogP contribution in [-0.4, -0.2) is 17.1 Å². The lowest BCUT2D eigenvalue weighted by molar-refractivity contribution is -0.137. The number of halogens is 5. The van der Waals surface area contributed by atoms with Gasteiger partial charge in [-0.15, -0.1) is 0 Å². The van der Waals surface area contributed by atoms with Crippen LogP contribution in [0.25, 0.3) is 11.4 Å². The lowest BCUT2D eigenvalue weighted by Gasteiger charge is -2.12. The lowest BCUT2D eigenvalue weighted by atomic mass is 10.1. The summed E-state index contributed by atoms with van der Waals surface area (Å²) in [5.41, 5.74) is 0.194. The van der Waals surface area contributed by atoms with E-state index in [1.165, 1.54) is 25.3 Å². The van der Waals surface area contributed by atoms with Gasteiger partial charge in [-0.2, -0.15) is 13.2 Å². The molecule has 0 saturated heterocycles. The highest BCUT2D eigenvalue weighted by Gasteiger charge is 2.30. The van der Waals surface area contributed by atoms with E-state index in [0.717, 1.165) is 12.1 Å². The van der Waals surface area contributed by atoms with Crippen molar-refractivity contribution in [3.8, 4) is 17.1 Å². The van der Waals surface area contributed by atoms with Crippen LogP contribution in [0.3, 0.4) is 0 Å². The Hall–Kier alpha value is -2.51. The molecule has 1 heterocycles. The maximum Gasteiger partial charge on any atom is 0.416 e. The first kappa shape index (κ1) is 19.3. The van der Waals surface area contributed by atoms with E-state index in [-0.39, 0.29) is 11.0 Å². The number of rotatable bonds is 4. The smallest absolute Gasteiger partial charge is 0.416 e. The summed E-state index contributed by atoms with van der Waals surface area (Å²) >= 11 is 12.1. The van der Waals surface area contributed by atoms with E-state index in [1.54, 1.807) is 18.2 Å². The fraction of sp³-hybridized carbons (Fsp3) is 0.111. The summed E-state index contributed by atoms with van der Waals surface area (Å²) in [5, 5.41) is 3.64. The van der Waals surface area contributed by atoms with Crippen LogP contribution >= 0.6 is 23.2 Å². The number of aromatic nitrogens is 2. The Balaban J connectivity index is 1.94. The van der Waals surface area contributed by atoms with Gasteiger partial charge in [0.25, 0.3) is 0 Å². The predicted molar refractivity (Wildman–Crippen MR) is 98.8 cm³/mol. The quantitative estimate of drug-likeness (QED) is 0.515. The average Bonchev–Trinajstić information content (AvgIpc) is 2.61. The molecule has 2 aromatic carbocycles. The molecule has 0 amide bonds. The average molecular weight is 414 g/mol. The number of ether oxygens (including phenoxy) is 1. The zero-order chi connectivity index (χ0) is 19.6. The van der Waals surface area contributed by atoms with Gasteiger partial charge in [-0.1, -0.05) is 35.3 Å². The predicted octanol–water partition coefficient (Wildman–Crippen LogP) is 6.22. The van der Waals surface area contributed by atoms with Gasteiger partial charge < -0.3 is 10.1 Å². The number of hydrogen-bond donors (Lipinski definition) is 1. The second-order valence-electron chi connectivity index (χ2n) is 5.44. The minimum absolute atomic E-state index is 0.128. The van der Waals surface area contributed by atoms with Gasteiger partial charge in [-0.3, -0.25) is 0 Å². The Morgan fingerprint density at radius 2 is 1.67 bits per heavy atom. The van der Waals surface area contributed by atoms with Gasteiger partial charge in [0.1, 0.15) is 16.7 Å². The van der Waals surface area contributed by atoms with Crippen molar-refractivity contribution in [1.29, 1.82) is 0 Å². The van der Waals surface area contributed by atoms with Gasteiger partial charge in [0, 0.05) is 16.7 Å². The molecule has 0 saturated carbocycles. The van der Waals surface area contributed by atoms with Crippen molar-refractivity contribution in [1.82, 2.24) is 9.97 Å². The summed E-state index contributed by atoms with van der Waals surface area (Å²) in [5.74, 6) is 1.05. The second-order valence-corrected chi connectivity index (χ2v) is 6.27. The Labute approximate surface area is 162 Å². The van der Waals surface area contributed by atoms with Crippen LogP contribution in [0, 0.1) is 0 Å². The number of methoxy groups -OCH3 is 1. The van der Waals surface area contributed by atoms with E-state index in [2.05, 4.69) is 15.3 Å². The van der Waals surface area contributed by atoms with E-state index in [9.17, 15) is 13.2 Å². The molecule has 0 bridgehead atoms. The first-order valence-electron chi connectivity index (χ1n) is 7.59.